The molecule has 0 radical (unpaired) electrons. The van der Waals surface area contributed by atoms with E-state index in [-0.39, 0.29) is 26.4 Å². The SMILES string of the molecule is O=C=Nc1cc(OCCO)cc(OCCO)c1. The zero-order valence-electron chi connectivity index (χ0n) is 9.13. The van der Waals surface area contributed by atoms with Crippen LogP contribution in [0.15, 0.2) is 23.2 Å². The normalized spacial score (nSPS) is 9.53. The molecule has 0 aromatic heterocycles. The molecular formula is C11H13NO5. The van der Waals surface area contributed by atoms with E-state index in [1.54, 1.807) is 6.07 Å². The van der Waals surface area contributed by atoms with Crippen molar-refractivity contribution in [2.45, 2.75) is 0 Å². The number of isocyanates is 1. The van der Waals surface area contributed by atoms with Crippen LogP contribution in [0.1, 0.15) is 0 Å². The summed E-state index contributed by atoms with van der Waals surface area (Å²) in [7, 11) is 0. The Morgan fingerprint density at radius 1 is 1.06 bits per heavy atom. The van der Waals surface area contributed by atoms with Crippen LogP contribution < -0.4 is 9.47 Å². The molecule has 0 atom stereocenters. The summed E-state index contributed by atoms with van der Waals surface area (Å²) in [6, 6.07) is 4.62. The fraction of sp³-hybridized carbons (Fsp3) is 0.364. The molecule has 0 aliphatic heterocycles. The lowest BCUT2D eigenvalue weighted by atomic mass is 10.3. The molecule has 0 bridgehead atoms. The van der Waals surface area contributed by atoms with E-state index in [4.69, 9.17) is 19.7 Å². The molecule has 0 amide bonds. The lowest BCUT2D eigenvalue weighted by Gasteiger charge is -2.09. The summed E-state index contributed by atoms with van der Waals surface area (Å²) in [6.45, 7) is 0.0312. The van der Waals surface area contributed by atoms with Crippen molar-refractivity contribution in [2.24, 2.45) is 4.99 Å². The van der Waals surface area contributed by atoms with Gasteiger partial charge in [-0.05, 0) is 0 Å². The molecule has 1 aromatic carbocycles. The van der Waals surface area contributed by atoms with Crippen LogP contribution in [0.25, 0.3) is 0 Å². The van der Waals surface area contributed by atoms with Gasteiger partial charge in [0.2, 0.25) is 6.08 Å². The Kier molecular flexibility index (Phi) is 5.74. The average Bonchev–Trinajstić information content (AvgIpc) is 2.34. The van der Waals surface area contributed by atoms with Gasteiger partial charge in [-0.3, -0.25) is 0 Å². The molecule has 0 saturated heterocycles. The molecule has 0 heterocycles. The summed E-state index contributed by atoms with van der Waals surface area (Å²) in [5.41, 5.74) is 0.336. The largest absolute Gasteiger partial charge is 0.491 e. The number of aliphatic hydroxyl groups is 2. The summed E-state index contributed by atoms with van der Waals surface area (Å²) in [5.74, 6) is 0.840. The van der Waals surface area contributed by atoms with Crippen molar-refractivity contribution in [1.29, 1.82) is 0 Å². The quantitative estimate of drug-likeness (QED) is 0.531. The van der Waals surface area contributed by atoms with Gasteiger partial charge < -0.3 is 19.7 Å². The van der Waals surface area contributed by atoms with Crippen molar-refractivity contribution in [3.05, 3.63) is 18.2 Å². The molecule has 6 nitrogen and oxygen atoms in total. The van der Waals surface area contributed by atoms with Crippen LogP contribution in [-0.4, -0.2) is 42.7 Å². The third-order valence-electron chi connectivity index (χ3n) is 1.76. The Bertz CT molecular complexity index is 375. The summed E-state index contributed by atoms with van der Waals surface area (Å²) in [4.78, 5) is 13.6. The van der Waals surface area contributed by atoms with Crippen LogP contribution in [0, 0.1) is 0 Å². The molecule has 92 valence electrons. The van der Waals surface area contributed by atoms with Gasteiger partial charge in [0, 0.05) is 18.2 Å². The van der Waals surface area contributed by atoms with E-state index in [2.05, 4.69) is 4.99 Å². The predicted octanol–water partition coefficient (Wildman–Crippen LogP) is 0.396. The zero-order chi connectivity index (χ0) is 12.5. The molecule has 0 spiro atoms. The highest BCUT2D eigenvalue weighted by molar-refractivity contribution is 5.55. The van der Waals surface area contributed by atoms with Gasteiger partial charge in [-0.2, -0.15) is 4.99 Å². The maximum absolute atomic E-state index is 10.2. The van der Waals surface area contributed by atoms with Crippen molar-refractivity contribution in [2.75, 3.05) is 26.4 Å². The van der Waals surface area contributed by atoms with Crippen LogP contribution >= 0.6 is 0 Å². The second-order valence-electron chi connectivity index (χ2n) is 3.01. The summed E-state index contributed by atoms with van der Waals surface area (Å²) in [6.07, 6.45) is 1.42. The van der Waals surface area contributed by atoms with Crippen LogP contribution in [0.3, 0.4) is 0 Å². The van der Waals surface area contributed by atoms with Crippen molar-refractivity contribution in [1.82, 2.24) is 0 Å². The fourth-order valence-corrected chi connectivity index (χ4v) is 1.17. The van der Waals surface area contributed by atoms with E-state index in [0.29, 0.717) is 17.2 Å². The first-order valence-electron chi connectivity index (χ1n) is 5.00. The standard InChI is InChI=1S/C11H13NO5/c13-1-3-16-10-5-9(12-8-15)6-11(7-10)17-4-2-14/h5-7,13-14H,1-4H2. The highest BCUT2D eigenvalue weighted by Crippen LogP contribution is 2.27. The van der Waals surface area contributed by atoms with Gasteiger partial charge in [0.15, 0.2) is 0 Å². The average molecular weight is 239 g/mol. The van der Waals surface area contributed by atoms with E-state index in [1.807, 2.05) is 0 Å². The molecular weight excluding hydrogens is 226 g/mol. The lowest BCUT2D eigenvalue weighted by Crippen LogP contribution is -2.03. The Hall–Kier alpha value is -1.88. The van der Waals surface area contributed by atoms with Gasteiger partial charge in [0.25, 0.3) is 0 Å². The Labute approximate surface area is 98.1 Å². The van der Waals surface area contributed by atoms with E-state index >= 15 is 0 Å². The summed E-state index contributed by atoms with van der Waals surface area (Å²) < 4.78 is 10.4. The van der Waals surface area contributed by atoms with Gasteiger partial charge in [-0.25, -0.2) is 4.79 Å². The first-order valence-corrected chi connectivity index (χ1v) is 5.00. The van der Waals surface area contributed by atoms with E-state index in [0.717, 1.165) is 0 Å². The maximum atomic E-state index is 10.2. The lowest BCUT2D eigenvalue weighted by molar-refractivity contribution is 0.195. The molecule has 0 saturated carbocycles. The molecule has 0 fully saturated rings. The summed E-state index contributed by atoms with van der Waals surface area (Å²) in [5, 5.41) is 17.3. The van der Waals surface area contributed by atoms with Crippen LogP contribution in [0.4, 0.5) is 5.69 Å². The topological polar surface area (TPSA) is 88.4 Å². The highest BCUT2D eigenvalue weighted by Gasteiger charge is 2.02. The number of nitrogens with zero attached hydrogens (tertiary/aromatic N) is 1. The van der Waals surface area contributed by atoms with Gasteiger partial charge in [-0.15, -0.1) is 0 Å². The minimum Gasteiger partial charge on any atom is -0.491 e. The molecule has 0 aliphatic rings. The third kappa shape index (κ3) is 4.65. The molecule has 2 N–H and O–H groups in total. The fourth-order valence-electron chi connectivity index (χ4n) is 1.17. The Morgan fingerprint density at radius 3 is 2.00 bits per heavy atom. The Balaban J connectivity index is 2.87. The van der Waals surface area contributed by atoms with Crippen molar-refractivity contribution in [3.63, 3.8) is 0 Å². The van der Waals surface area contributed by atoms with E-state index < -0.39 is 0 Å². The molecule has 6 heteroatoms. The number of aliphatic imine (C=N–C) groups is 1. The molecule has 1 rings (SSSR count). The van der Waals surface area contributed by atoms with Gasteiger partial charge in [0.05, 0.1) is 18.9 Å². The zero-order valence-corrected chi connectivity index (χ0v) is 9.13. The minimum absolute atomic E-state index is 0.117. The molecule has 0 unspecified atom stereocenters. The summed E-state index contributed by atoms with van der Waals surface area (Å²) >= 11 is 0. The van der Waals surface area contributed by atoms with Crippen LogP contribution in [0.2, 0.25) is 0 Å². The maximum Gasteiger partial charge on any atom is 0.240 e. The third-order valence-corrected chi connectivity index (χ3v) is 1.76. The second-order valence-corrected chi connectivity index (χ2v) is 3.01. The number of aliphatic hydroxyl groups excluding tert-OH is 2. The highest BCUT2D eigenvalue weighted by atomic mass is 16.5. The van der Waals surface area contributed by atoms with Gasteiger partial charge >= 0.3 is 0 Å². The Morgan fingerprint density at radius 2 is 1.59 bits per heavy atom. The van der Waals surface area contributed by atoms with Gasteiger partial charge in [-0.1, -0.05) is 0 Å². The first-order chi connectivity index (χ1) is 8.30. The van der Waals surface area contributed by atoms with Crippen LogP contribution in [0.5, 0.6) is 11.5 Å². The van der Waals surface area contributed by atoms with Crippen molar-refractivity contribution < 1.29 is 24.5 Å². The molecule has 1 aromatic rings. The number of benzene rings is 1. The van der Waals surface area contributed by atoms with Crippen molar-refractivity contribution in [3.8, 4) is 11.5 Å². The van der Waals surface area contributed by atoms with Gasteiger partial charge in [0.1, 0.15) is 24.7 Å². The second kappa shape index (κ2) is 7.40. The van der Waals surface area contributed by atoms with E-state index in [9.17, 15) is 4.79 Å². The number of hydrogen-bond acceptors (Lipinski definition) is 6. The number of rotatable bonds is 7. The number of carbonyl (C=O) groups excluding carboxylic acids is 1. The monoisotopic (exact) mass is 239 g/mol. The van der Waals surface area contributed by atoms with E-state index in [1.165, 1.54) is 18.2 Å². The molecule has 0 aliphatic carbocycles. The number of hydrogen-bond donors (Lipinski definition) is 2. The molecule has 17 heavy (non-hydrogen) atoms. The number of ether oxygens (including phenoxy) is 2. The smallest absolute Gasteiger partial charge is 0.240 e. The van der Waals surface area contributed by atoms with Crippen LogP contribution in [-0.2, 0) is 4.79 Å². The van der Waals surface area contributed by atoms with Crippen molar-refractivity contribution >= 4 is 11.8 Å². The first kappa shape index (κ1) is 13.2. The minimum atomic E-state index is -0.117. The predicted molar refractivity (Wildman–Crippen MR) is 59.4 cm³/mol.